The summed E-state index contributed by atoms with van der Waals surface area (Å²) in [4.78, 5) is 27.3. The van der Waals surface area contributed by atoms with Crippen LogP contribution in [0.25, 0.3) is 11.8 Å². The van der Waals surface area contributed by atoms with Gasteiger partial charge in [0.15, 0.2) is 5.11 Å². The Kier molecular flexibility index (Phi) is 5.86. The summed E-state index contributed by atoms with van der Waals surface area (Å²) in [5.41, 5.74) is 4.05. The van der Waals surface area contributed by atoms with Crippen LogP contribution in [0.4, 0.5) is 5.69 Å². The average Bonchev–Trinajstić information content (AvgIpc) is 3.04. The highest BCUT2D eigenvalue weighted by molar-refractivity contribution is 7.80. The molecule has 3 aromatic rings. The molecule has 1 aliphatic heterocycles. The van der Waals surface area contributed by atoms with E-state index >= 15 is 0 Å². The molecule has 32 heavy (non-hydrogen) atoms. The van der Waals surface area contributed by atoms with Crippen LogP contribution in [-0.4, -0.2) is 28.6 Å². The van der Waals surface area contributed by atoms with Gasteiger partial charge in [-0.15, -0.1) is 0 Å². The van der Waals surface area contributed by atoms with Gasteiger partial charge in [0.1, 0.15) is 11.3 Å². The van der Waals surface area contributed by atoms with Crippen LogP contribution >= 0.6 is 23.8 Å². The Morgan fingerprint density at radius 1 is 1.03 bits per heavy atom. The Labute approximate surface area is 196 Å². The molecule has 1 saturated heterocycles. The van der Waals surface area contributed by atoms with Crippen molar-refractivity contribution in [1.29, 1.82) is 0 Å². The molecular weight excluding hydrogens is 446 g/mol. The maximum atomic E-state index is 13.3. The highest BCUT2D eigenvalue weighted by Crippen LogP contribution is 2.28. The number of amides is 2. The Morgan fingerprint density at radius 3 is 2.44 bits per heavy atom. The lowest BCUT2D eigenvalue weighted by Gasteiger charge is -2.29. The number of nitrogens with zero attached hydrogens (tertiary/aromatic N) is 2. The van der Waals surface area contributed by atoms with E-state index in [9.17, 15) is 9.59 Å². The number of ether oxygens (including phenoxy) is 1. The molecule has 4 rings (SSSR count). The van der Waals surface area contributed by atoms with Crippen LogP contribution in [0.3, 0.4) is 0 Å². The Hall–Kier alpha value is -3.42. The molecule has 2 aromatic carbocycles. The van der Waals surface area contributed by atoms with Crippen molar-refractivity contribution in [3.63, 3.8) is 0 Å². The van der Waals surface area contributed by atoms with E-state index in [2.05, 4.69) is 5.32 Å². The van der Waals surface area contributed by atoms with E-state index in [0.29, 0.717) is 16.5 Å². The van der Waals surface area contributed by atoms with Gasteiger partial charge in [-0.2, -0.15) is 0 Å². The van der Waals surface area contributed by atoms with Gasteiger partial charge in [0.2, 0.25) is 0 Å². The predicted molar refractivity (Wildman–Crippen MR) is 129 cm³/mol. The number of benzene rings is 2. The van der Waals surface area contributed by atoms with Crippen molar-refractivity contribution < 1.29 is 14.3 Å². The van der Waals surface area contributed by atoms with Crippen molar-refractivity contribution >= 4 is 52.5 Å². The molecule has 0 saturated carbocycles. The third-order valence-corrected chi connectivity index (χ3v) is 5.80. The van der Waals surface area contributed by atoms with Gasteiger partial charge in [-0.3, -0.25) is 19.8 Å². The second-order valence-electron chi connectivity index (χ2n) is 7.30. The first kappa shape index (κ1) is 21.8. The van der Waals surface area contributed by atoms with E-state index in [1.807, 2.05) is 48.7 Å². The summed E-state index contributed by atoms with van der Waals surface area (Å²) >= 11 is 11.3. The molecule has 162 valence electrons. The summed E-state index contributed by atoms with van der Waals surface area (Å²) in [7, 11) is 1.54. The average molecular weight is 466 g/mol. The van der Waals surface area contributed by atoms with Gasteiger partial charge >= 0.3 is 0 Å². The number of hydrogen-bond acceptors (Lipinski definition) is 4. The number of rotatable bonds is 4. The number of aryl methyl sites for hydroxylation is 1. The number of carbonyl (C=O) groups excluding carboxylic acids is 2. The zero-order valence-electron chi connectivity index (χ0n) is 17.7. The SMILES string of the molecule is COc1cccc(N2C(=O)C(=Cc3cc(C)n(-c4ccc(Cl)cc4)c3C)C(=O)NC2=S)c1. The fourth-order valence-electron chi connectivity index (χ4n) is 3.72. The summed E-state index contributed by atoms with van der Waals surface area (Å²) in [5, 5.41) is 3.29. The largest absolute Gasteiger partial charge is 0.497 e. The van der Waals surface area contributed by atoms with Gasteiger partial charge in [-0.05, 0) is 80.2 Å². The van der Waals surface area contributed by atoms with Crippen molar-refractivity contribution in [3.8, 4) is 11.4 Å². The Bertz CT molecular complexity index is 1280. The number of methoxy groups -OCH3 is 1. The van der Waals surface area contributed by atoms with Gasteiger partial charge in [-0.25, -0.2) is 0 Å². The van der Waals surface area contributed by atoms with Crippen LogP contribution in [0.1, 0.15) is 17.0 Å². The molecule has 2 amide bonds. The van der Waals surface area contributed by atoms with Gasteiger partial charge < -0.3 is 9.30 Å². The number of thiocarbonyl (C=S) groups is 1. The van der Waals surface area contributed by atoms with Gasteiger partial charge in [0.05, 0.1) is 12.8 Å². The van der Waals surface area contributed by atoms with Crippen LogP contribution in [0.2, 0.25) is 5.02 Å². The molecule has 0 unspecified atom stereocenters. The molecule has 0 spiro atoms. The molecular formula is C24H20ClN3O3S. The lowest BCUT2D eigenvalue weighted by atomic mass is 10.1. The van der Waals surface area contributed by atoms with E-state index in [1.165, 1.54) is 4.90 Å². The molecule has 1 aliphatic rings. The quantitative estimate of drug-likeness (QED) is 0.348. The van der Waals surface area contributed by atoms with Crippen molar-refractivity contribution in [1.82, 2.24) is 9.88 Å². The molecule has 6 nitrogen and oxygen atoms in total. The van der Waals surface area contributed by atoms with Crippen LogP contribution in [0, 0.1) is 13.8 Å². The standard InChI is InChI=1S/C24H20ClN3O3S/c1-14-11-16(15(2)27(14)18-9-7-17(25)8-10-18)12-21-22(29)26-24(32)28(23(21)30)19-5-4-6-20(13-19)31-3/h4-13H,1-3H3,(H,26,29,32). The third-order valence-electron chi connectivity index (χ3n) is 5.27. The summed E-state index contributed by atoms with van der Waals surface area (Å²) in [6.45, 7) is 3.90. The molecule has 0 radical (unpaired) electrons. The first-order chi connectivity index (χ1) is 15.3. The Morgan fingerprint density at radius 2 is 1.75 bits per heavy atom. The molecule has 1 aromatic heterocycles. The van der Waals surface area contributed by atoms with Crippen LogP contribution in [0.15, 0.2) is 60.2 Å². The summed E-state index contributed by atoms with van der Waals surface area (Å²) in [5.74, 6) is -0.453. The second kappa shape index (κ2) is 8.61. The van der Waals surface area contributed by atoms with E-state index in [-0.39, 0.29) is 10.7 Å². The first-order valence-electron chi connectivity index (χ1n) is 9.80. The normalized spacial score (nSPS) is 15.3. The van der Waals surface area contributed by atoms with Crippen molar-refractivity contribution in [2.24, 2.45) is 0 Å². The highest BCUT2D eigenvalue weighted by atomic mass is 35.5. The first-order valence-corrected chi connectivity index (χ1v) is 10.6. The van der Waals surface area contributed by atoms with E-state index in [4.69, 9.17) is 28.6 Å². The van der Waals surface area contributed by atoms with Gasteiger partial charge in [0.25, 0.3) is 11.8 Å². The zero-order chi connectivity index (χ0) is 23.0. The summed E-state index contributed by atoms with van der Waals surface area (Å²) < 4.78 is 7.29. The van der Waals surface area contributed by atoms with Crippen molar-refractivity contribution in [2.75, 3.05) is 12.0 Å². The summed E-state index contributed by atoms with van der Waals surface area (Å²) in [6.07, 6.45) is 1.60. The van der Waals surface area contributed by atoms with Crippen LogP contribution < -0.4 is 15.0 Å². The monoisotopic (exact) mass is 465 g/mol. The van der Waals surface area contributed by atoms with E-state index in [1.54, 1.807) is 37.5 Å². The fourth-order valence-corrected chi connectivity index (χ4v) is 4.13. The number of hydrogen-bond donors (Lipinski definition) is 1. The van der Waals surface area contributed by atoms with Crippen molar-refractivity contribution in [3.05, 3.63) is 82.1 Å². The maximum absolute atomic E-state index is 13.3. The fraction of sp³-hybridized carbons (Fsp3) is 0.125. The van der Waals surface area contributed by atoms with Gasteiger partial charge in [-0.1, -0.05) is 17.7 Å². The van der Waals surface area contributed by atoms with Gasteiger partial charge in [0, 0.05) is 28.2 Å². The molecule has 2 heterocycles. The Balaban J connectivity index is 1.75. The smallest absolute Gasteiger partial charge is 0.270 e. The number of anilines is 1. The second-order valence-corrected chi connectivity index (χ2v) is 8.12. The lowest BCUT2D eigenvalue weighted by molar-refractivity contribution is -0.122. The minimum atomic E-state index is -0.532. The maximum Gasteiger partial charge on any atom is 0.270 e. The zero-order valence-corrected chi connectivity index (χ0v) is 19.3. The lowest BCUT2D eigenvalue weighted by Crippen LogP contribution is -2.54. The molecule has 1 N–H and O–H groups in total. The predicted octanol–water partition coefficient (Wildman–Crippen LogP) is 4.59. The minimum absolute atomic E-state index is 0.00206. The van der Waals surface area contributed by atoms with Crippen LogP contribution in [0.5, 0.6) is 5.75 Å². The van der Waals surface area contributed by atoms with E-state index in [0.717, 1.165) is 22.6 Å². The molecule has 1 fully saturated rings. The molecule has 0 atom stereocenters. The van der Waals surface area contributed by atoms with E-state index < -0.39 is 11.8 Å². The van der Waals surface area contributed by atoms with Crippen LogP contribution in [-0.2, 0) is 9.59 Å². The number of nitrogens with one attached hydrogen (secondary N) is 1. The highest BCUT2D eigenvalue weighted by Gasteiger charge is 2.35. The third kappa shape index (κ3) is 3.92. The van der Waals surface area contributed by atoms with Crippen molar-refractivity contribution in [2.45, 2.75) is 13.8 Å². The number of aromatic nitrogens is 1. The topological polar surface area (TPSA) is 63.6 Å². The molecule has 8 heteroatoms. The molecule has 0 bridgehead atoms. The molecule has 0 aliphatic carbocycles. The summed E-state index contributed by atoms with van der Waals surface area (Å²) in [6, 6.07) is 16.3. The number of carbonyl (C=O) groups is 2. The number of halogens is 1. The minimum Gasteiger partial charge on any atom is -0.497 e.